The quantitative estimate of drug-likeness (QED) is 0.809. The topological polar surface area (TPSA) is 21.3 Å². The summed E-state index contributed by atoms with van der Waals surface area (Å²) in [6, 6.07) is 7.48. The summed E-state index contributed by atoms with van der Waals surface area (Å²) in [5, 5.41) is 3.77. The summed E-state index contributed by atoms with van der Waals surface area (Å²) >= 11 is 0. The molecule has 2 atom stereocenters. The second-order valence-electron chi connectivity index (χ2n) is 6.91. The smallest absolute Gasteiger partial charge is 0.119 e. The highest BCUT2D eigenvalue weighted by Crippen LogP contribution is 2.39. The largest absolute Gasteiger partial charge is 0.497 e. The van der Waals surface area contributed by atoms with Gasteiger partial charge in [0.25, 0.3) is 0 Å². The van der Waals surface area contributed by atoms with Gasteiger partial charge in [0.1, 0.15) is 5.75 Å². The third-order valence-corrected chi connectivity index (χ3v) is 5.28. The van der Waals surface area contributed by atoms with E-state index in [1.807, 2.05) is 0 Å². The number of hydrogen-bond donors (Lipinski definition) is 1. The summed E-state index contributed by atoms with van der Waals surface area (Å²) in [5.41, 5.74) is 2.96. The van der Waals surface area contributed by atoms with E-state index in [9.17, 15) is 0 Å². The molecule has 2 aliphatic carbocycles. The minimum Gasteiger partial charge on any atom is -0.497 e. The van der Waals surface area contributed by atoms with Crippen LogP contribution in [0, 0.1) is 12.8 Å². The zero-order valence-corrected chi connectivity index (χ0v) is 13.5. The number of nitrogens with one attached hydrogen (secondary N) is 1. The Hall–Kier alpha value is -1.02. The molecule has 0 amide bonds. The molecule has 0 aromatic heterocycles. The maximum Gasteiger partial charge on any atom is 0.119 e. The van der Waals surface area contributed by atoms with Gasteiger partial charge >= 0.3 is 0 Å². The van der Waals surface area contributed by atoms with Gasteiger partial charge in [-0.25, -0.2) is 0 Å². The third kappa shape index (κ3) is 3.79. The summed E-state index contributed by atoms with van der Waals surface area (Å²) in [6.45, 7) is 3.45. The zero-order chi connectivity index (χ0) is 14.7. The molecule has 0 aliphatic heterocycles. The summed E-state index contributed by atoms with van der Waals surface area (Å²) < 4.78 is 5.36. The molecule has 2 aliphatic rings. The van der Waals surface area contributed by atoms with Gasteiger partial charge in [0, 0.05) is 6.04 Å². The van der Waals surface area contributed by atoms with Gasteiger partial charge in [-0.05, 0) is 74.2 Å². The number of aryl methyl sites for hydroxylation is 1. The van der Waals surface area contributed by atoms with Crippen molar-refractivity contribution < 1.29 is 4.74 Å². The van der Waals surface area contributed by atoms with Crippen LogP contribution in [-0.2, 0) is 0 Å². The van der Waals surface area contributed by atoms with E-state index >= 15 is 0 Å². The van der Waals surface area contributed by atoms with Crippen LogP contribution in [0.15, 0.2) is 18.2 Å². The van der Waals surface area contributed by atoms with Gasteiger partial charge in [0.2, 0.25) is 0 Å². The van der Waals surface area contributed by atoms with Crippen LogP contribution in [0.2, 0.25) is 0 Å². The van der Waals surface area contributed by atoms with Crippen molar-refractivity contribution >= 4 is 0 Å². The SMILES string of the molecule is COc1ccc(C2CCCCCC2CNC2CC2)c(C)c1. The molecule has 116 valence electrons. The summed E-state index contributed by atoms with van der Waals surface area (Å²) in [7, 11) is 1.75. The molecule has 1 aromatic rings. The number of ether oxygens (including phenoxy) is 1. The second kappa shape index (κ2) is 6.83. The Morgan fingerprint density at radius 2 is 1.90 bits per heavy atom. The molecule has 2 nitrogen and oxygen atoms in total. The Morgan fingerprint density at radius 3 is 2.62 bits per heavy atom. The van der Waals surface area contributed by atoms with Gasteiger partial charge in [-0.2, -0.15) is 0 Å². The number of rotatable bonds is 5. The van der Waals surface area contributed by atoms with Gasteiger partial charge in [-0.15, -0.1) is 0 Å². The van der Waals surface area contributed by atoms with Gasteiger partial charge in [0.05, 0.1) is 7.11 Å². The van der Waals surface area contributed by atoms with Crippen LogP contribution in [0.5, 0.6) is 5.75 Å². The van der Waals surface area contributed by atoms with Crippen molar-refractivity contribution in [3.05, 3.63) is 29.3 Å². The van der Waals surface area contributed by atoms with Crippen LogP contribution >= 0.6 is 0 Å². The Balaban J connectivity index is 1.77. The molecule has 21 heavy (non-hydrogen) atoms. The molecule has 1 N–H and O–H groups in total. The molecule has 0 heterocycles. The Bertz CT molecular complexity index is 467. The first kappa shape index (κ1) is 14.9. The van der Waals surface area contributed by atoms with E-state index in [1.54, 1.807) is 12.7 Å². The lowest BCUT2D eigenvalue weighted by Crippen LogP contribution is -2.28. The van der Waals surface area contributed by atoms with Crippen LogP contribution in [-0.4, -0.2) is 19.7 Å². The fraction of sp³-hybridized carbons (Fsp3) is 0.684. The van der Waals surface area contributed by atoms with E-state index in [4.69, 9.17) is 4.74 Å². The first-order chi connectivity index (χ1) is 10.3. The van der Waals surface area contributed by atoms with E-state index in [-0.39, 0.29) is 0 Å². The Kier molecular flexibility index (Phi) is 4.84. The highest BCUT2D eigenvalue weighted by atomic mass is 16.5. The van der Waals surface area contributed by atoms with Crippen LogP contribution in [0.25, 0.3) is 0 Å². The van der Waals surface area contributed by atoms with Gasteiger partial charge in [-0.3, -0.25) is 0 Å². The average molecular weight is 287 g/mol. The third-order valence-electron chi connectivity index (χ3n) is 5.28. The van der Waals surface area contributed by atoms with Gasteiger partial charge in [-0.1, -0.05) is 25.3 Å². The fourth-order valence-electron chi connectivity index (χ4n) is 3.83. The fourth-order valence-corrected chi connectivity index (χ4v) is 3.83. The molecule has 0 spiro atoms. The van der Waals surface area contributed by atoms with Gasteiger partial charge in [0.15, 0.2) is 0 Å². The summed E-state index contributed by atoms with van der Waals surface area (Å²) in [5.74, 6) is 2.52. The van der Waals surface area contributed by atoms with E-state index in [0.717, 1.165) is 23.6 Å². The zero-order valence-electron chi connectivity index (χ0n) is 13.5. The monoisotopic (exact) mass is 287 g/mol. The first-order valence-electron chi connectivity index (χ1n) is 8.66. The molecule has 2 fully saturated rings. The van der Waals surface area contributed by atoms with Crippen molar-refractivity contribution in [1.82, 2.24) is 5.32 Å². The van der Waals surface area contributed by atoms with Crippen molar-refractivity contribution in [2.45, 2.75) is 63.8 Å². The van der Waals surface area contributed by atoms with Crippen LogP contribution < -0.4 is 10.1 Å². The standard InChI is InChI=1S/C19H29NO/c1-14-12-17(21-2)10-11-18(14)19-7-5-3-4-6-15(19)13-20-16-8-9-16/h10-12,15-16,19-20H,3-9,13H2,1-2H3. The molecule has 0 saturated heterocycles. The highest BCUT2D eigenvalue weighted by molar-refractivity contribution is 5.37. The molecule has 0 bridgehead atoms. The Morgan fingerprint density at radius 1 is 1.10 bits per heavy atom. The Labute approximate surface area is 129 Å². The summed E-state index contributed by atoms with van der Waals surface area (Å²) in [6.07, 6.45) is 9.71. The molecule has 2 unspecified atom stereocenters. The summed E-state index contributed by atoms with van der Waals surface area (Å²) in [4.78, 5) is 0. The molecular formula is C19H29NO. The predicted molar refractivity (Wildman–Crippen MR) is 88.1 cm³/mol. The normalized spacial score (nSPS) is 26.4. The first-order valence-corrected chi connectivity index (χ1v) is 8.66. The predicted octanol–water partition coefficient (Wildman–Crippen LogP) is 4.42. The highest BCUT2D eigenvalue weighted by Gasteiger charge is 2.28. The van der Waals surface area contributed by atoms with E-state index in [0.29, 0.717) is 0 Å². The van der Waals surface area contributed by atoms with E-state index in [2.05, 4.69) is 30.4 Å². The van der Waals surface area contributed by atoms with Crippen molar-refractivity contribution in [3.63, 3.8) is 0 Å². The molecule has 1 aromatic carbocycles. The second-order valence-corrected chi connectivity index (χ2v) is 6.91. The van der Waals surface area contributed by atoms with Crippen molar-refractivity contribution in [2.24, 2.45) is 5.92 Å². The van der Waals surface area contributed by atoms with Crippen LogP contribution in [0.1, 0.15) is 62.0 Å². The van der Waals surface area contributed by atoms with E-state index in [1.165, 1.54) is 57.1 Å². The van der Waals surface area contributed by atoms with Crippen molar-refractivity contribution in [1.29, 1.82) is 0 Å². The molecular weight excluding hydrogens is 258 g/mol. The lowest BCUT2D eigenvalue weighted by molar-refractivity contribution is 0.372. The number of hydrogen-bond acceptors (Lipinski definition) is 2. The lowest BCUT2D eigenvalue weighted by atomic mass is 9.80. The lowest BCUT2D eigenvalue weighted by Gasteiger charge is -2.27. The molecule has 3 rings (SSSR count). The molecule has 2 heteroatoms. The van der Waals surface area contributed by atoms with Crippen LogP contribution in [0.4, 0.5) is 0 Å². The number of benzene rings is 1. The maximum absolute atomic E-state index is 5.36. The minimum absolute atomic E-state index is 0.727. The maximum atomic E-state index is 5.36. The van der Waals surface area contributed by atoms with Crippen molar-refractivity contribution in [2.75, 3.05) is 13.7 Å². The average Bonchev–Trinajstić information content (AvgIpc) is 3.32. The minimum atomic E-state index is 0.727. The molecule has 0 radical (unpaired) electrons. The number of methoxy groups -OCH3 is 1. The van der Waals surface area contributed by atoms with Crippen LogP contribution in [0.3, 0.4) is 0 Å². The van der Waals surface area contributed by atoms with E-state index < -0.39 is 0 Å². The van der Waals surface area contributed by atoms with Gasteiger partial charge < -0.3 is 10.1 Å². The molecule has 2 saturated carbocycles. The van der Waals surface area contributed by atoms with Crippen molar-refractivity contribution in [3.8, 4) is 5.75 Å².